The zero-order valence-corrected chi connectivity index (χ0v) is 18.7. The molecule has 0 saturated heterocycles. The van der Waals surface area contributed by atoms with Crippen LogP contribution in [0.25, 0.3) is 11.4 Å². The van der Waals surface area contributed by atoms with Gasteiger partial charge in [0.05, 0.1) is 5.69 Å². The number of hydrogen-bond donors (Lipinski definition) is 2. The molecule has 0 bridgehead atoms. The smallest absolute Gasteiger partial charge is 0.256 e. The predicted octanol–water partition coefficient (Wildman–Crippen LogP) is 3.15. The molecular weight excluding hydrogens is 416 g/mol. The van der Waals surface area contributed by atoms with Gasteiger partial charge in [-0.2, -0.15) is 15.3 Å². The minimum Gasteiger partial charge on any atom is -0.290 e. The summed E-state index contributed by atoms with van der Waals surface area (Å²) < 4.78 is 1.77. The van der Waals surface area contributed by atoms with E-state index in [-0.39, 0.29) is 5.56 Å². The molecule has 0 aliphatic carbocycles. The Hall–Kier alpha value is -4.14. The molecule has 33 heavy (non-hydrogen) atoms. The zero-order chi connectivity index (χ0) is 23.2. The van der Waals surface area contributed by atoms with Gasteiger partial charge in [-0.15, -0.1) is 10.2 Å². The lowest BCUT2D eigenvalue weighted by atomic mass is 9.99. The van der Waals surface area contributed by atoms with E-state index in [1.807, 2.05) is 55.5 Å². The maximum absolute atomic E-state index is 12.8. The van der Waals surface area contributed by atoms with Gasteiger partial charge < -0.3 is 0 Å². The van der Waals surface area contributed by atoms with E-state index in [2.05, 4.69) is 49.2 Å². The monoisotopic (exact) mass is 442 g/mol. The molecular formula is C24H26N8O. The molecule has 168 valence electrons. The van der Waals surface area contributed by atoms with Gasteiger partial charge in [0.25, 0.3) is 5.56 Å². The lowest BCUT2D eigenvalue weighted by Crippen LogP contribution is -2.20. The van der Waals surface area contributed by atoms with E-state index in [0.717, 1.165) is 40.8 Å². The fourth-order valence-corrected chi connectivity index (χ4v) is 3.63. The molecule has 0 saturated carbocycles. The Bertz CT molecular complexity index is 1360. The highest BCUT2D eigenvalue weighted by molar-refractivity contribution is 5.72. The average molecular weight is 443 g/mol. The van der Waals surface area contributed by atoms with Crippen molar-refractivity contribution >= 4 is 11.4 Å². The quantitative estimate of drug-likeness (QED) is 0.385. The summed E-state index contributed by atoms with van der Waals surface area (Å²) in [5.74, 6) is 1.78. The molecule has 0 fully saturated rings. The van der Waals surface area contributed by atoms with Gasteiger partial charge in [-0.25, -0.2) is 4.52 Å². The number of fused-ring (bicyclic) bond motifs is 1. The maximum Gasteiger partial charge on any atom is 0.256 e. The summed E-state index contributed by atoms with van der Waals surface area (Å²) in [5.41, 5.74) is 4.51. The van der Waals surface area contributed by atoms with Gasteiger partial charge in [0.2, 0.25) is 5.78 Å². The van der Waals surface area contributed by atoms with Crippen LogP contribution in [0.4, 0.5) is 0 Å². The van der Waals surface area contributed by atoms with Crippen molar-refractivity contribution in [3.8, 4) is 0 Å². The van der Waals surface area contributed by atoms with Crippen molar-refractivity contribution in [3.63, 3.8) is 0 Å². The molecule has 0 radical (unpaired) electrons. The molecule has 2 N–H and O–H groups in total. The number of tetrazole rings is 1. The SMILES string of the molecule is C=C(/C=C\C=C/Cc1nn[nH]n1)c1ccc(Cc2c(CCC)n3nc(C)nc3[nH]c2=O)cc1. The van der Waals surface area contributed by atoms with Crippen molar-refractivity contribution in [1.29, 1.82) is 0 Å². The van der Waals surface area contributed by atoms with Crippen LogP contribution in [0.3, 0.4) is 0 Å². The summed E-state index contributed by atoms with van der Waals surface area (Å²) in [4.78, 5) is 20.0. The second-order valence-corrected chi connectivity index (χ2v) is 7.74. The van der Waals surface area contributed by atoms with E-state index in [9.17, 15) is 4.79 Å². The van der Waals surface area contributed by atoms with Crippen molar-refractivity contribution in [2.45, 2.75) is 39.5 Å². The Labute approximate surface area is 191 Å². The van der Waals surface area contributed by atoms with Gasteiger partial charge in [0.1, 0.15) is 5.82 Å². The first kappa shape index (κ1) is 22.1. The lowest BCUT2D eigenvalue weighted by molar-refractivity contribution is 0.765. The number of H-pyrrole nitrogens is 2. The molecule has 0 aliphatic rings. The fourth-order valence-electron chi connectivity index (χ4n) is 3.63. The Morgan fingerprint density at radius 1 is 1.21 bits per heavy atom. The largest absolute Gasteiger partial charge is 0.290 e. The van der Waals surface area contributed by atoms with E-state index in [1.165, 1.54) is 0 Å². The van der Waals surface area contributed by atoms with Gasteiger partial charge in [-0.05, 0) is 30.0 Å². The van der Waals surface area contributed by atoms with Crippen LogP contribution < -0.4 is 5.56 Å². The lowest BCUT2D eigenvalue weighted by Gasteiger charge is -2.10. The second-order valence-electron chi connectivity index (χ2n) is 7.74. The highest BCUT2D eigenvalue weighted by atomic mass is 16.1. The summed E-state index contributed by atoms with van der Waals surface area (Å²) in [5, 5.41) is 18.2. The van der Waals surface area contributed by atoms with E-state index < -0.39 is 0 Å². The van der Waals surface area contributed by atoms with Crippen LogP contribution in [0.1, 0.15) is 47.4 Å². The minimum absolute atomic E-state index is 0.109. The molecule has 3 heterocycles. The molecule has 0 amide bonds. The van der Waals surface area contributed by atoms with Crippen molar-refractivity contribution in [3.05, 3.63) is 99.5 Å². The number of aromatic nitrogens is 8. The molecule has 0 unspecified atom stereocenters. The fraction of sp³-hybridized carbons (Fsp3) is 0.250. The molecule has 4 rings (SSSR count). The normalized spacial score (nSPS) is 11.8. The van der Waals surface area contributed by atoms with Crippen LogP contribution in [0, 0.1) is 6.92 Å². The number of aromatic amines is 2. The van der Waals surface area contributed by atoms with Crippen LogP contribution in [0.5, 0.6) is 0 Å². The summed E-state index contributed by atoms with van der Waals surface area (Å²) in [7, 11) is 0. The number of nitrogens with one attached hydrogen (secondary N) is 2. The molecule has 0 atom stereocenters. The first-order chi connectivity index (χ1) is 16.0. The van der Waals surface area contributed by atoms with Crippen LogP contribution in [0.15, 0.2) is 59.9 Å². The number of benzene rings is 1. The molecule has 9 heteroatoms. The van der Waals surface area contributed by atoms with Crippen molar-refractivity contribution in [2.75, 3.05) is 0 Å². The van der Waals surface area contributed by atoms with Crippen LogP contribution >= 0.6 is 0 Å². The van der Waals surface area contributed by atoms with Gasteiger partial charge in [-0.1, -0.05) is 73.7 Å². The third kappa shape index (κ3) is 5.20. The van der Waals surface area contributed by atoms with Crippen LogP contribution in [-0.2, 0) is 19.3 Å². The highest BCUT2D eigenvalue weighted by Crippen LogP contribution is 2.18. The van der Waals surface area contributed by atoms with Gasteiger partial charge in [-0.3, -0.25) is 9.78 Å². The van der Waals surface area contributed by atoms with Gasteiger partial charge in [0, 0.05) is 18.4 Å². The van der Waals surface area contributed by atoms with Crippen molar-refractivity contribution in [2.24, 2.45) is 0 Å². The molecule has 0 aliphatic heterocycles. The zero-order valence-electron chi connectivity index (χ0n) is 18.7. The number of allylic oxidation sites excluding steroid dienone is 5. The van der Waals surface area contributed by atoms with E-state index in [0.29, 0.717) is 30.3 Å². The molecule has 1 aromatic carbocycles. The third-order valence-electron chi connectivity index (χ3n) is 5.24. The topological polar surface area (TPSA) is 118 Å². The average Bonchev–Trinajstić information content (AvgIpc) is 3.45. The Morgan fingerprint density at radius 3 is 2.76 bits per heavy atom. The number of rotatable bonds is 9. The summed E-state index contributed by atoms with van der Waals surface area (Å²) in [6.07, 6.45) is 10.6. The van der Waals surface area contributed by atoms with E-state index in [4.69, 9.17) is 0 Å². The van der Waals surface area contributed by atoms with Crippen molar-refractivity contribution < 1.29 is 0 Å². The molecule has 3 aromatic heterocycles. The third-order valence-corrected chi connectivity index (χ3v) is 5.24. The number of nitrogens with zero attached hydrogens (tertiary/aromatic N) is 6. The van der Waals surface area contributed by atoms with Crippen LogP contribution in [0.2, 0.25) is 0 Å². The van der Waals surface area contributed by atoms with E-state index in [1.54, 1.807) is 4.52 Å². The molecule has 4 aromatic rings. The molecule has 0 spiro atoms. The Balaban J connectivity index is 1.47. The maximum atomic E-state index is 12.8. The Morgan fingerprint density at radius 2 is 2.03 bits per heavy atom. The number of aryl methyl sites for hydroxylation is 2. The summed E-state index contributed by atoms with van der Waals surface area (Å²) in [6.45, 7) is 8.06. The van der Waals surface area contributed by atoms with Gasteiger partial charge >= 0.3 is 0 Å². The summed E-state index contributed by atoms with van der Waals surface area (Å²) in [6, 6.07) is 8.12. The Kier molecular flexibility index (Phi) is 6.68. The second kappa shape index (κ2) is 9.99. The summed E-state index contributed by atoms with van der Waals surface area (Å²) >= 11 is 0. The van der Waals surface area contributed by atoms with Gasteiger partial charge in [0.15, 0.2) is 5.82 Å². The molecule has 9 nitrogen and oxygen atoms in total. The first-order valence-corrected chi connectivity index (χ1v) is 10.9. The van der Waals surface area contributed by atoms with Crippen molar-refractivity contribution in [1.82, 2.24) is 40.2 Å². The van der Waals surface area contributed by atoms with Crippen LogP contribution in [-0.4, -0.2) is 40.2 Å². The predicted molar refractivity (Wildman–Crippen MR) is 127 cm³/mol. The highest BCUT2D eigenvalue weighted by Gasteiger charge is 2.15. The van der Waals surface area contributed by atoms with E-state index >= 15 is 0 Å². The number of hydrogen-bond acceptors (Lipinski definition) is 6. The minimum atomic E-state index is -0.109. The first-order valence-electron chi connectivity index (χ1n) is 10.9. The standard InChI is InChI=1S/C24H26N8O/c1-4-8-21-20(23(33)26-24-25-17(3)29-32(21)24)15-18-11-13-19(14-12-18)16(2)9-6-5-7-10-22-27-30-31-28-22/h5-7,9,11-14H,2,4,8,10,15H2,1,3H3,(H,25,26,29,33)(H,27,28,30,31)/b7-5-,9-6-.